The maximum atomic E-state index is 12.8. The van der Waals surface area contributed by atoms with Crippen molar-refractivity contribution in [2.45, 2.75) is 38.1 Å². The van der Waals surface area contributed by atoms with Gasteiger partial charge in [-0.15, -0.1) is 11.3 Å². The Morgan fingerprint density at radius 1 is 0.966 bits per heavy atom. The summed E-state index contributed by atoms with van der Waals surface area (Å²) >= 11 is 14.0. The maximum absolute atomic E-state index is 12.8. The standard InChI is InChI=1S/C22H20Cl2N2O2S/c23-17-11-10-14(12-16(17)21(27)25-13-6-2-1-3-7-13)26-22(28)20-19(24)15-8-4-5-9-18(15)29-20/h4-5,8-13H,1-3,6-7H2,(H,25,27)(H,26,28). The fourth-order valence-electron chi connectivity index (χ4n) is 3.64. The van der Waals surface area contributed by atoms with Gasteiger partial charge in [-0.2, -0.15) is 0 Å². The number of fused-ring (bicyclic) bond motifs is 1. The summed E-state index contributed by atoms with van der Waals surface area (Å²) in [5, 5.41) is 7.54. The van der Waals surface area contributed by atoms with Gasteiger partial charge in [-0.05, 0) is 37.1 Å². The van der Waals surface area contributed by atoms with E-state index in [0.717, 1.165) is 35.8 Å². The molecule has 1 heterocycles. The molecule has 0 bridgehead atoms. The Bertz CT molecular complexity index is 1070. The van der Waals surface area contributed by atoms with Crippen LogP contribution >= 0.6 is 34.5 Å². The van der Waals surface area contributed by atoms with Crippen molar-refractivity contribution in [1.82, 2.24) is 5.32 Å². The van der Waals surface area contributed by atoms with Crippen LogP contribution in [0, 0.1) is 0 Å². The number of thiophene rings is 1. The molecular weight excluding hydrogens is 427 g/mol. The van der Waals surface area contributed by atoms with Gasteiger partial charge in [-0.1, -0.05) is 60.7 Å². The Morgan fingerprint density at radius 2 is 1.72 bits per heavy atom. The van der Waals surface area contributed by atoms with Crippen molar-refractivity contribution in [3.8, 4) is 0 Å². The van der Waals surface area contributed by atoms with Gasteiger partial charge in [0.1, 0.15) is 4.88 Å². The molecule has 1 fully saturated rings. The summed E-state index contributed by atoms with van der Waals surface area (Å²) in [5.41, 5.74) is 0.860. The first-order chi connectivity index (χ1) is 14.0. The Hall–Kier alpha value is -2.08. The average molecular weight is 447 g/mol. The molecule has 4 rings (SSSR count). The van der Waals surface area contributed by atoms with Gasteiger partial charge >= 0.3 is 0 Å². The van der Waals surface area contributed by atoms with Crippen molar-refractivity contribution in [2.24, 2.45) is 0 Å². The van der Waals surface area contributed by atoms with E-state index in [1.165, 1.54) is 17.8 Å². The third-order valence-corrected chi connectivity index (χ3v) is 7.15. The first-order valence-electron chi connectivity index (χ1n) is 9.62. The molecule has 1 saturated carbocycles. The third kappa shape index (κ3) is 4.42. The van der Waals surface area contributed by atoms with Gasteiger partial charge in [-0.25, -0.2) is 0 Å². The number of amides is 2. The van der Waals surface area contributed by atoms with E-state index in [1.807, 2.05) is 24.3 Å². The van der Waals surface area contributed by atoms with Crippen LogP contribution in [0.2, 0.25) is 10.0 Å². The highest BCUT2D eigenvalue weighted by molar-refractivity contribution is 7.21. The molecule has 0 saturated heterocycles. The molecular formula is C22H20Cl2N2O2S. The summed E-state index contributed by atoms with van der Waals surface area (Å²) in [4.78, 5) is 25.9. The topological polar surface area (TPSA) is 58.2 Å². The molecule has 2 aromatic carbocycles. The lowest BCUT2D eigenvalue weighted by atomic mass is 9.95. The van der Waals surface area contributed by atoms with Crippen LogP contribution in [0.4, 0.5) is 5.69 Å². The summed E-state index contributed by atoms with van der Waals surface area (Å²) in [6.07, 6.45) is 5.46. The quantitative estimate of drug-likeness (QED) is 0.478. The molecule has 1 aromatic heterocycles. The Kier molecular flexibility index (Phi) is 6.09. The van der Waals surface area contributed by atoms with Crippen LogP contribution in [0.5, 0.6) is 0 Å². The molecule has 7 heteroatoms. The van der Waals surface area contributed by atoms with Crippen molar-refractivity contribution in [3.05, 3.63) is 63.0 Å². The molecule has 2 N–H and O–H groups in total. The molecule has 0 radical (unpaired) electrons. The van der Waals surface area contributed by atoms with Crippen LogP contribution in [-0.2, 0) is 0 Å². The van der Waals surface area contributed by atoms with E-state index in [9.17, 15) is 9.59 Å². The predicted octanol–water partition coefficient (Wildman–Crippen LogP) is 6.52. The van der Waals surface area contributed by atoms with E-state index in [0.29, 0.717) is 26.2 Å². The predicted molar refractivity (Wildman–Crippen MR) is 121 cm³/mol. The SMILES string of the molecule is O=C(NC1CCCCC1)c1cc(NC(=O)c2sc3ccccc3c2Cl)ccc1Cl. The second kappa shape index (κ2) is 8.74. The van der Waals surface area contributed by atoms with Crippen LogP contribution in [0.1, 0.15) is 52.1 Å². The van der Waals surface area contributed by atoms with Gasteiger partial charge in [0, 0.05) is 21.8 Å². The smallest absolute Gasteiger partial charge is 0.267 e. The average Bonchev–Trinajstić information content (AvgIpc) is 3.07. The molecule has 0 unspecified atom stereocenters. The summed E-state index contributed by atoms with van der Waals surface area (Å²) in [7, 11) is 0. The zero-order valence-corrected chi connectivity index (χ0v) is 18.0. The summed E-state index contributed by atoms with van der Waals surface area (Å²) in [6, 6.07) is 12.7. The fourth-order valence-corrected chi connectivity index (χ4v) is 5.25. The van der Waals surface area contributed by atoms with E-state index < -0.39 is 0 Å². The summed E-state index contributed by atoms with van der Waals surface area (Å²) < 4.78 is 0.950. The van der Waals surface area contributed by atoms with Crippen LogP contribution in [0.15, 0.2) is 42.5 Å². The zero-order valence-electron chi connectivity index (χ0n) is 15.6. The van der Waals surface area contributed by atoms with Gasteiger partial charge in [-0.3, -0.25) is 9.59 Å². The Balaban J connectivity index is 1.52. The van der Waals surface area contributed by atoms with Crippen LogP contribution in [0.25, 0.3) is 10.1 Å². The summed E-state index contributed by atoms with van der Waals surface area (Å²) in [6.45, 7) is 0. The lowest BCUT2D eigenvalue weighted by molar-refractivity contribution is 0.0927. The molecule has 150 valence electrons. The van der Waals surface area contributed by atoms with E-state index in [4.69, 9.17) is 23.2 Å². The lowest BCUT2D eigenvalue weighted by Crippen LogP contribution is -2.36. The Morgan fingerprint density at radius 3 is 2.48 bits per heavy atom. The van der Waals surface area contributed by atoms with Crippen molar-refractivity contribution >= 4 is 62.1 Å². The monoisotopic (exact) mass is 446 g/mol. The minimum absolute atomic E-state index is 0.183. The van der Waals surface area contributed by atoms with Crippen LogP contribution < -0.4 is 10.6 Å². The molecule has 2 amide bonds. The van der Waals surface area contributed by atoms with Gasteiger partial charge in [0.05, 0.1) is 15.6 Å². The number of nitrogens with one attached hydrogen (secondary N) is 2. The minimum Gasteiger partial charge on any atom is -0.349 e. The fraction of sp³-hybridized carbons (Fsp3) is 0.273. The first kappa shape index (κ1) is 20.2. The normalized spacial score (nSPS) is 14.7. The number of anilines is 1. The van der Waals surface area contributed by atoms with Gasteiger partial charge < -0.3 is 10.6 Å². The van der Waals surface area contributed by atoms with E-state index in [2.05, 4.69) is 10.6 Å². The maximum Gasteiger partial charge on any atom is 0.267 e. The Labute approximate surface area is 183 Å². The zero-order chi connectivity index (χ0) is 20.4. The van der Waals surface area contributed by atoms with E-state index >= 15 is 0 Å². The molecule has 0 spiro atoms. The van der Waals surface area contributed by atoms with E-state index in [1.54, 1.807) is 18.2 Å². The van der Waals surface area contributed by atoms with Crippen molar-refractivity contribution < 1.29 is 9.59 Å². The number of carbonyl (C=O) groups excluding carboxylic acids is 2. The number of halogens is 2. The molecule has 1 aliphatic carbocycles. The van der Waals surface area contributed by atoms with Crippen molar-refractivity contribution in [2.75, 3.05) is 5.32 Å². The summed E-state index contributed by atoms with van der Waals surface area (Å²) in [5.74, 6) is -0.518. The molecule has 0 atom stereocenters. The van der Waals surface area contributed by atoms with Gasteiger partial charge in [0.15, 0.2) is 0 Å². The molecule has 4 nitrogen and oxygen atoms in total. The second-order valence-corrected chi connectivity index (χ2v) is 9.04. The largest absolute Gasteiger partial charge is 0.349 e. The molecule has 29 heavy (non-hydrogen) atoms. The van der Waals surface area contributed by atoms with Gasteiger partial charge in [0.2, 0.25) is 0 Å². The first-order valence-corrected chi connectivity index (χ1v) is 11.2. The lowest BCUT2D eigenvalue weighted by Gasteiger charge is -2.23. The third-order valence-electron chi connectivity index (χ3n) is 5.15. The minimum atomic E-state index is -0.308. The molecule has 1 aliphatic rings. The number of benzene rings is 2. The van der Waals surface area contributed by atoms with Crippen molar-refractivity contribution in [1.29, 1.82) is 0 Å². The van der Waals surface area contributed by atoms with Gasteiger partial charge in [0.25, 0.3) is 11.8 Å². The number of hydrogen-bond donors (Lipinski definition) is 2. The number of rotatable bonds is 4. The van der Waals surface area contributed by atoms with Crippen LogP contribution in [0.3, 0.4) is 0 Å². The highest BCUT2D eigenvalue weighted by atomic mass is 35.5. The molecule has 3 aromatic rings. The highest BCUT2D eigenvalue weighted by Crippen LogP contribution is 2.35. The van der Waals surface area contributed by atoms with Crippen molar-refractivity contribution in [3.63, 3.8) is 0 Å². The second-order valence-electron chi connectivity index (χ2n) is 7.20. The number of hydrogen-bond acceptors (Lipinski definition) is 3. The highest BCUT2D eigenvalue weighted by Gasteiger charge is 2.20. The van der Waals surface area contributed by atoms with Crippen LogP contribution in [-0.4, -0.2) is 17.9 Å². The number of carbonyl (C=O) groups is 2. The molecule has 0 aliphatic heterocycles. The van der Waals surface area contributed by atoms with E-state index in [-0.39, 0.29) is 17.9 Å².